The molecule has 1 saturated heterocycles. The molecule has 0 bridgehead atoms. The van der Waals surface area contributed by atoms with E-state index in [1.165, 1.54) is 25.3 Å². The van der Waals surface area contributed by atoms with Gasteiger partial charge in [0.2, 0.25) is 0 Å². The molecule has 8 rings (SSSR count). The van der Waals surface area contributed by atoms with Crippen molar-refractivity contribution < 1.29 is 39.1 Å². The Kier molecular flexibility index (Phi) is 7.56. The summed E-state index contributed by atoms with van der Waals surface area (Å²) in [5.41, 5.74) is 0.503. The third-order valence-electron chi connectivity index (χ3n) is 17.1. The van der Waals surface area contributed by atoms with Crippen LogP contribution in [0.15, 0.2) is 36.1 Å². The number of allylic oxidation sites excluding steroid dienone is 4. The molecule has 3 N–H and O–H groups in total. The maximum absolute atomic E-state index is 12.2. The van der Waals surface area contributed by atoms with Crippen LogP contribution in [0, 0.1) is 62.6 Å². The van der Waals surface area contributed by atoms with Gasteiger partial charge in [-0.2, -0.15) is 0 Å². The van der Waals surface area contributed by atoms with E-state index in [-0.39, 0.29) is 57.5 Å². The smallest absolute Gasteiger partial charge is 0.303 e. The number of fused-ring (bicyclic) bond motifs is 2. The predicted molar refractivity (Wildman–Crippen MR) is 188 cm³/mol. The molecule has 8 nitrogen and oxygen atoms in total. The normalized spacial score (nSPS) is 53.2. The minimum absolute atomic E-state index is 0.00197. The van der Waals surface area contributed by atoms with E-state index in [1.54, 1.807) is 13.8 Å². The Labute approximate surface area is 299 Å². The third-order valence-corrected chi connectivity index (χ3v) is 17.1. The molecule has 3 spiro atoms. The Morgan fingerprint density at radius 3 is 2.36 bits per heavy atom. The first kappa shape index (κ1) is 35.3. The van der Waals surface area contributed by atoms with Crippen LogP contribution in [0.3, 0.4) is 0 Å². The minimum atomic E-state index is -1.25. The van der Waals surface area contributed by atoms with Gasteiger partial charge in [0, 0.05) is 35.5 Å². The Balaban J connectivity index is 1.10. The summed E-state index contributed by atoms with van der Waals surface area (Å²) in [4.78, 5) is 12.2. The summed E-state index contributed by atoms with van der Waals surface area (Å²) in [6, 6.07) is 0. The van der Waals surface area contributed by atoms with Crippen molar-refractivity contribution in [2.45, 2.75) is 149 Å². The molecule has 0 unspecified atom stereocenters. The van der Waals surface area contributed by atoms with Gasteiger partial charge < -0.3 is 34.3 Å². The van der Waals surface area contributed by atoms with Gasteiger partial charge in [-0.25, -0.2) is 0 Å². The summed E-state index contributed by atoms with van der Waals surface area (Å²) < 4.78 is 25.9. The summed E-state index contributed by atoms with van der Waals surface area (Å²) >= 11 is 0. The van der Waals surface area contributed by atoms with Crippen LogP contribution in [0.25, 0.3) is 0 Å². The highest BCUT2D eigenvalue weighted by molar-refractivity contribution is 5.66. The van der Waals surface area contributed by atoms with Crippen LogP contribution in [0.5, 0.6) is 0 Å². The van der Waals surface area contributed by atoms with Gasteiger partial charge in [-0.15, -0.1) is 6.58 Å². The number of hydrogen-bond acceptors (Lipinski definition) is 8. The number of rotatable bonds is 6. The van der Waals surface area contributed by atoms with Crippen LogP contribution >= 0.6 is 0 Å². The number of carbonyl (C=O) groups is 1. The molecule has 2 aliphatic heterocycles. The van der Waals surface area contributed by atoms with Gasteiger partial charge in [-0.05, 0) is 105 Å². The lowest BCUT2D eigenvalue weighted by molar-refractivity contribution is -0.343. The van der Waals surface area contributed by atoms with E-state index in [2.05, 4.69) is 52.5 Å². The lowest BCUT2D eigenvalue weighted by Gasteiger charge is -2.66. The fraction of sp³-hybridized carbons (Fsp3) is 0.833. The van der Waals surface area contributed by atoms with Crippen molar-refractivity contribution >= 4 is 5.97 Å². The average molecular weight is 695 g/mol. The standard InChI is InChI=1S/C42H62O8/c1-11-25-20-28(35(37(7,8)46)48-24(4)43)49-34-26-14-16-42(26)30-13-12-29-36(5,6)31(50-39(10)22(2)33(45)27(44)21-47-39)15-17-40(29)23(3)41(30,40)19-18-38(42,9)32(25)34/h11,14,16,22-23,25-31,33,35,44-46H,1,12-13,15,17-21H2,2-10H3/t22-,23-,25-,26+,27-,28-,29+,30-,31+,33-,35+,38-,39+,40-,41+,42+/m1/s1. The molecular formula is C42H62O8. The topological polar surface area (TPSA) is 115 Å². The third kappa shape index (κ3) is 4.04. The van der Waals surface area contributed by atoms with E-state index in [0.29, 0.717) is 24.2 Å². The number of aliphatic hydroxyl groups excluding tert-OH is 2. The van der Waals surface area contributed by atoms with Gasteiger partial charge in [-0.1, -0.05) is 52.8 Å². The van der Waals surface area contributed by atoms with Gasteiger partial charge in [0.25, 0.3) is 0 Å². The molecule has 2 heterocycles. The van der Waals surface area contributed by atoms with E-state index < -0.39 is 41.8 Å². The number of esters is 1. The minimum Gasteiger partial charge on any atom is -0.490 e. The zero-order valence-electron chi connectivity index (χ0n) is 31.8. The zero-order valence-corrected chi connectivity index (χ0v) is 31.8. The number of carbonyl (C=O) groups excluding carboxylic acids is 1. The first-order valence-electron chi connectivity index (χ1n) is 19.6. The molecule has 0 aromatic rings. The molecule has 6 aliphatic carbocycles. The van der Waals surface area contributed by atoms with Crippen LogP contribution in [0.1, 0.15) is 107 Å². The van der Waals surface area contributed by atoms with Gasteiger partial charge >= 0.3 is 5.97 Å². The maximum atomic E-state index is 12.2. The molecule has 0 aromatic carbocycles. The van der Waals surface area contributed by atoms with E-state index in [4.69, 9.17) is 18.9 Å². The summed E-state index contributed by atoms with van der Waals surface area (Å²) in [6.07, 6.45) is 11.4. The highest BCUT2D eigenvalue weighted by Crippen LogP contribution is 2.93. The molecule has 0 aromatic heterocycles. The van der Waals surface area contributed by atoms with Gasteiger partial charge in [0.15, 0.2) is 11.9 Å². The largest absolute Gasteiger partial charge is 0.490 e. The van der Waals surface area contributed by atoms with E-state index in [0.717, 1.165) is 31.4 Å². The van der Waals surface area contributed by atoms with Crippen molar-refractivity contribution in [1.82, 2.24) is 0 Å². The van der Waals surface area contributed by atoms with Gasteiger partial charge in [0.05, 0.1) is 24.4 Å². The van der Waals surface area contributed by atoms with E-state index >= 15 is 0 Å². The summed E-state index contributed by atoms with van der Waals surface area (Å²) in [5, 5.41) is 32.2. The fourth-order valence-corrected chi connectivity index (χ4v) is 14.6. The molecule has 50 heavy (non-hydrogen) atoms. The second kappa shape index (κ2) is 10.7. The highest BCUT2D eigenvalue weighted by atomic mass is 16.7. The van der Waals surface area contributed by atoms with Crippen molar-refractivity contribution in [2.24, 2.45) is 62.6 Å². The molecule has 278 valence electrons. The van der Waals surface area contributed by atoms with Crippen LogP contribution in [0.2, 0.25) is 0 Å². The lowest BCUT2D eigenvalue weighted by atomic mass is 9.38. The summed E-state index contributed by atoms with van der Waals surface area (Å²) in [5.74, 6) is 1.29. The van der Waals surface area contributed by atoms with Crippen LogP contribution in [-0.4, -0.2) is 69.8 Å². The average Bonchev–Trinajstić information content (AvgIpc) is 3.51. The summed E-state index contributed by atoms with van der Waals surface area (Å²) in [7, 11) is 0. The number of ether oxygens (including phenoxy) is 4. The molecule has 8 heteroatoms. The van der Waals surface area contributed by atoms with Crippen LogP contribution in [-0.2, 0) is 23.7 Å². The maximum Gasteiger partial charge on any atom is 0.303 e. The highest BCUT2D eigenvalue weighted by Gasteiger charge is 2.88. The van der Waals surface area contributed by atoms with Crippen molar-refractivity contribution in [3.05, 3.63) is 36.1 Å². The molecule has 5 fully saturated rings. The van der Waals surface area contributed by atoms with Gasteiger partial charge in [0.1, 0.15) is 18.0 Å². The Bertz CT molecular complexity index is 1530. The molecule has 8 aliphatic rings. The van der Waals surface area contributed by atoms with Crippen molar-refractivity contribution in [2.75, 3.05) is 6.61 Å². The molecule has 16 atom stereocenters. The zero-order chi connectivity index (χ0) is 36.2. The predicted octanol–water partition coefficient (Wildman–Crippen LogP) is 6.48. The molecule has 4 saturated carbocycles. The second-order valence-electron chi connectivity index (χ2n) is 19.4. The first-order chi connectivity index (χ1) is 23.3. The van der Waals surface area contributed by atoms with Crippen LogP contribution < -0.4 is 0 Å². The van der Waals surface area contributed by atoms with Crippen molar-refractivity contribution in [3.8, 4) is 0 Å². The lowest BCUT2D eigenvalue weighted by Crippen LogP contribution is -2.62. The van der Waals surface area contributed by atoms with E-state index in [9.17, 15) is 20.1 Å². The Hall–Kier alpha value is -1.71. The number of aliphatic hydroxyl groups is 3. The Morgan fingerprint density at radius 2 is 1.74 bits per heavy atom. The van der Waals surface area contributed by atoms with Crippen molar-refractivity contribution in [3.63, 3.8) is 0 Å². The SMILES string of the molecule is C=C[C@@H]1C[C@H]([C@H](OC(C)=O)C(C)(C)O)OC2=C1[C@@]1(C)CC[C@@]34[C@H](C)[C@@]35CC[C@H](O[C@]3(C)OC[C@@H](O)[C@H](O)[C@H]3C)C(C)(C)[C@@H]5CC[C@H]4[C@@]13C=C[C@@H]23. The van der Waals surface area contributed by atoms with Gasteiger partial charge in [-0.3, -0.25) is 4.79 Å². The monoisotopic (exact) mass is 694 g/mol. The summed E-state index contributed by atoms with van der Waals surface area (Å²) in [6.45, 7) is 23.0. The second-order valence-corrected chi connectivity index (χ2v) is 19.4. The van der Waals surface area contributed by atoms with Crippen LogP contribution in [0.4, 0.5) is 0 Å². The first-order valence-corrected chi connectivity index (χ1v) is 19.6. The number of hydrogen-bond donors (Lipinski definition) is 3. The van der Waals surface area contributed by atoms with E-state index in [1.807, 2.05) is 13.8 Å². The quantitative estimate of drug-likeness (QED) is 0.165. The fourth-order valence-electron chi connectivity index (χ4n) is 14.6. The van der Waals surface area contributed by atoms with Crippen molar-refractivity contribution in [1.29, 1.82) is 0 Å². The molecular weight excluding hydrogens is 632 g/mol. The molecule has 0 radical (unpaired) electrons. The molecule has 0 amide bonds. The Morgan fingerprint density at radius 1 is 1.06 bits per heavy atom.